The summed E-state index contributed by atoms with van der Waals surface area (Å²) in [5.41, 5.74) is 1.04. The minimum atomic E-state index is -0.319. The molecular formula is C24H33N5O4S2. The molecule has 3 rings (SSSR count). The van der Waals surface area contributed by atoms with E-state index in [1.807, 2.05) is 13.8 Å². The Hall–Kier alpha value is -2.23. The Balaban J connectivity index is 2.02. The molecule has 2 aliphatic rings. The molecule has 2 saturated heterocycles. The van der Waals surface area contributed by atoms with Gasteiger partial charge in [-0.15, -0.1) is 0 Å². The fourth-order valence-corrected chi connectivity index (χ4v) is 5.69. The monoisotopic (exact) mass is 519 g/mol. The molecule has 0 radical (unpaired) electrons. The number of ether oxygens (including phenoxy) is 1. The van der Waals surface area contributed by atoms with Crippen LogP contribution in [-0.4, -0.2) is 88.8 Å². The van der Waals surface area contributed by atoms with Crippen molar-refractivity contribution in [3.8, 4) is 6.07 Å². The minimum Gasteiger partial charge on any atom is -0.395 e. The van der Waals surface area contributed by atoms with Crippen molar-refractivity contribution in [2.24, 2.45) is 0 Å². The Kier molecular flexibility index (Phi) is 9.89. The SMILES string of the molecule is CCOCCCN1C(=O)C(=Cc2c(C)c(C#N)c(=O)n(CC)c2N2CCN(CCO)CC2)SC1=S. The van der Waals surface area contributed by atoms with Crippen molar-refractivity contribution in [1.29, 1.82) is 5.26 Å². The van der Waals surface area contributed by atoms with E-state index >= 15 is 0 Å². The van der Waals surface area contributed by atoms with E-state index in [9.17, 15) is 20.0 Å². The second-order valence-electron chi connectivity index (χ2n) is 8.33. The lowest BCUT2D eigenvalue weighted by molar-refractivity contribution is -0.122. The predicted octanol–water partition coefficient (Wildman–Crippen LogP) is 1.79. The summed E-state index contributed by atoms with van der Waals surface area (Å²) in [6.07, 6.45) is 2.48. The highest BCUT2D eigenvalue weighted by Gasteiger charge is 2.33. The molecule has 3 heterocycles. The summed E-state index contributed by atoms with van der Waals surface area (Å²) in [4.78, 5) is 32.7. The predicted molar refractivity (Wildman–Crippen MR) is 143 cm³/mol. The van der Waals surface area contributed by atoms with Gasteiger partial charge in [0.25, 0.3) is 11.5 Å². The number of aliphatic hydroxyl groups excluding tert-OH is 1. The van der Waals surface area contributed by atoms with Crippen molar-refractivity contribution in [3.63, 3.8) is 0 Å². The number of hydrogen-bond donors (Lipinski definition) is 1. The van der Waals surface area contributed by atoms with Gasteiger partial charge in [0.05, 0.1) is 11.5 Å². The van der Waals surface area contributed by atoms with E-state index in [-0.39, 0.29) is 23.6 Å². The number of piperazine rings is 1. The van der Waals surface area contributed by atoms with Crippen LogP contribution in [0, 0.1) is 18.3 Å². The van der Waals surface area contributed by atoms with Gasteiger partial charge >= 0.3 is 0 Å². The Morgan fingerprint density at radius 2 is 1.91 bits per heavy atom. The van der Waals surface area contributed by atoms with Crippen LogP contribution < -0.4 is 10.5 Å². The van der Waals surface area contributed by atoms with Crippen LogP contribution in [-0.2, 0) is 16.1 Å². The zero-order valence-electron chi connectivity index (χ0n) is 20.6. The molecule has 2 aliphatic heterocycles. The number of carbonyl (C=O) groups excluding carboxylic acids is 1. The third-order valence-corrected chi connectivity index (χ3v) is 7.65. The summed E-state index contributed by atoms with van der Waals surface area (Å²) < 4.78 is 7.51. The van der Waals surface area contributed by atoms with E-state index < -0.39 is 0 Å². The van der Waals surface area contributed by atoms with Gasteiger partial charge in [-0.3, -0.25) is 24.0 Å². The molecule has 0 aliphatic carbocycles. The lowest BCUT2D eigenvalue weighted by atomic mass is 10.0. The van der Waals surface area contributed by atoms with E-state index in [1.165, 1.54) is 11.8 Å². The summed E-state index contributed by atoms with van der Waals surface area (Å²) in [7, 11) is 0. The van der Waals surface area contributed by atoms with Crippen LogP contribution in [0.4, 0.5) is 5.82 Å². The normalized spacial score (nSPS) is 18.1. The number of nitrogens with zero attached hydrogens (tertiary/aromatic N) is 5. The standard InChI is InChI=1S/C24H33N5O4S2/c1-4-28-21(27-10-8-26(9-11-27)12-13-30)18(17(3)19(16-25)22(28)31)15-20-23(32)29(24(34)35-20)7-6-14-33-5-2/h15,30H,4-14H2,1-3H3. The van der Waals surface area contributed by atoms with Crippen LogP contribution in [0.15, 0.2) is 9.70 Å². The first-order chi connectivity index (χ1) is 16.9. The lowest BCUT2D eigenvalue weighted by Gasteiger charge is -2.37. The molecule has 1 N–H and O–H groups in total. The number of aromatic nitrogens is 1. The molecule has 1 aromatic heterocycles. The summed E-state index contributed by atoms with van der Waals surface area (Å²) >= 11 is 6.72. The largest absolute Gasteiger partial charge is 0.395 e. The molecule has 1 amide bonds. The van der Waals surface area contributed by atoms with Crippen LogP contribution in [0.2, 0.25) is 0 Å². The molecule has 9 nitrogen and oxygen atoms in total. The zero-order valence-corrected chi connectivity index (χ0v) is 22.2. The number of thiocarbonyl (C=S) groups is 1. The summed E-state index contributed by atoms with van der Waals surface area (Å²) in [6, 6.07) is 2.07. The van der Waals surface area contributed by atoms with Crippen molar-refractivity contribution in [1.82, 2.24) is 14.4 Å². The average molecular weight is 520 g/mol. The third kappa shape index (κ3) is 5.95. The lowest BCUT2D eigenvalue weighted by Crippen LogP contribution is -2.49. The number of thioether (sulfide) groups is 1. The first kappa shape index (κ1) is 27.4. The van der Waals surface area contributed by atoms with Gasteiger partial charge < -0.3 is 14.7 Å². The molecule has 0 unspecified atom stereocenters. The van der Waals surface area contributed by atoms with E-state index in [2.05, 4.69) is 15.9 Å². The first-order valence-electron chi connectivity index (χ1n) is 12.0. The van der Waals surface area contributed by atoms with Gasteiger partial charge in [-0.05, 0) is 38.8 Å². The number of rotatable bonds is 10. The van der Waals surface area contributed by atoms with Crippen molar-refractivity contribution in [3.05, 3.63) is 31.9 Å². The highest BCUT2D eigenvalue weighted by molar-refractivity contribution is 8.26. The molecule has 0 spiro atoms. The number of anilines is 1. The number of aliphatic hydroxyl groups is 1. The quantitative estimate of drug-likeness (QED) is 0.282. The number of β-amino-alcohol motifs (C(OH)–C–C–N with tert-alkyl or cyclic N) is 1. The zero-order chi connectivity index (χ0) is 25.5. The maximum atomic E-state index is 13.2. The maximum Gasteiger partial charge on any atom is 0.270 e. The molecule has 0 atom stereocenters. The molecule has 0 saturated carbocycles. The minimum absolute atomic E-state index is 0.0907. The third-order valence-electron chi connectivity index (χ3n) is 6.27. The maximum absolute atomic E-state index is 13.2. The van der Waals surface area contributed by atoms with E-state index in [0.29, 0.717) is 72.7 Å². The van der Waals surface area contributed by atoms with E-state index in [0.717, 1.165) is 18.9 Å². The number of amides is 1. The van der Waals surface area contributed by atoms with E-state index in [1.54, 1.807) is 22.5 Å². The summed E-state index contributed by atoms with van der Waals surface area (Å²) in [6.45, 7) is 11.2. The fourth-order valence-electron chi connectivity index (χ4n) is 4.40. The van der Waals surface area contributed by atoms with Crippen molar-refractivity contribution >= 4 is 46.1 Å². The van der Waals surface area contributed by atoms with Crippen molar-refractivity contribution in [2.45, 2.75) is 33.7 Å². The summed E-state index contributed by atoms with van der Waals surface area (Å²) in [5, 5.41) is 19.0. The number of pyridine rings is 1. The van der Waals surface area contributed by atoms with Crippen LogP contribution in [0.3, 0.4) is 0 Å². The van der Waals surface area contributed by atoms with Gasteiger partial charge in [0.2, 0.25) is 0 Å². The topological polar surface area (TPSA) is 102 Å². The van der Waals surface area contributed by atoms with Gasteiger partial charge in [-0.2, -0.15) is 5.26 Å². The van der Waals surface area contributed by atoms with Gasteiger partial charge in [0.1, 0.15) is 21.8 Å². The van der Waals surface area contributed by atoms with E-state index in [4.69, 9.17) is 17.0 Å². The van der Waals surface area contributed by atoms with Gasteiger partial charge in [0, 0.05) is 64.6 Å². The molecule has 0 aromatic carbocycles. The van der Waals surface area contributed by atoms with Crippen molar-refractivity contribution in [2.75, 3.05) is 64.0 Å². The Labute approximate surface area is 215 Å². The van der Waals surface area contributed by atoms with Crippen molar-refractivity contribution < 1.29 is 14.6 Å². The fraction of sp³-hybridized carbons (Fsp3) is 0.583. The van der Waals surface area contributed by atoms with Gasteiger partial charge in [0.15, 0.2) is 0 Å². The van der Waals surface area contributed by atoms with Crippen LogP contribution >= 0.6 is 24.0 Å². The highest BCUT2D eigenvalue weighted by atomic mass is 32.2. The molecule has 35 heavy (non-hydrogen) atoms. The smallest absolute Gasteiger partial charge is 0.270 e. The average Bonchev–Trinajstić information content (AvgIpc) is 3.11. The second kappa shape index (κ2) is 12.6. The van der Waals surface area contributed by atoms with Crippen LogP contribution in [0.25, 0.3) is 6.08 Å². The molecular weight excluding hydrogens is 486 g/mol. The molecule has 11 heteroatoms. The number of hydrogen-bond acceptors (Lipinski definition) is 9. The number of nitriles is 1. The molecule has 0 bridgehead atoms. The Morgan fingerprint density at radius 1 is 1.20 bits per heavy atom. The molecule has 2 fully saturated rings. The Morgan fingerprint density at radius 3 is 2.51 bits per heavy atom. The molecule has 1 aromatic rings. The summed E-state index contributed by atoms with van der Waals surface area (Å²) in [5.74, 6) is 0.557. The second-order valence-corrected chi connectivity index (χ2v) is 10.0. The molecule has 190 valence electrons. The first-order valence-corrected chi connectivity index (χ1v) is 13.2. The highest BCUT2D eigenvalue weighted by Crippen LogP contribution is 2.36. The number of carbonyl (C=O) groups is 1. The van der Waals surface area contributed by atoms with Gasteiger partial charge in [-0.1, -0.05) is 24.0 Å². The van der Waals surface area contributed by atoms with Crippen LogP contribution in [0.1, 0.15) is 37.0 Å². The van der Waals surface area contributed by atoms with Gasteiger partial charge in [-0.25, -0.2) is 0 Å². The Bertz CT molecular complexity index is 1090. The van der Waals surface area contributed by atoms with Crippen LogP contribution in [0.5, 0.6) is 0 Å².